The number of aromatic nitrogens is 4. The smallest absolute Gasteiger partial charge is 0.387 e. The highest BCUT2D eigenvalue weighted by Crippen LogP contribution is 2.26. The monoisotopic (exact) mass is 309 g/mol. The van der Waals surface area contributed by atoms with Crippen molar-refractivity contribution in [2.75, 3.05) is 5.32 Å². The van der Waals surface area contributed by atoms with Gasteiger partial charge in [-0.3, -0.25) is 4.68 Å². The van der Waals surface area contributed by atoms with Crippen LogP contribution in [0.1, 0.15) is 0 Å². The number of ether oxygens (including phenoxy) is 1. The van der Waals surface area contributed by atoms with Crippen molar-refractivity contribution < 1.29 is 17.9 Å². The molecule has 0 saturated carbocycles. The summed E-state index contributed by atoms with van der Waals surface area (Å²) in [6, 6.07) is 3.57. The predicted molar refractivity (Wildman–Crippen MR) is 72.6 cm³/mol. The SMILES string of the molecule is Cn1ncc2c(Nc3ccc(OC(F)F)c(F)c3)ncnc21. The van der Waals surface area contributed by atoms with Crippen LogP contribution in [-0.2, 0) is 7.05 Å². The highest BCUT2D eigenvalue weighted by molar-refractivity contribution is 5.88. The van der Waals surface area contributed by atoms with E-state index in [4.69, 9.17) is 0 Å². The molecule has 3 rings (SSSR count). The van der Waals surface area contributed by atoms with Crippen molar-refractivity contribution in [3.8, 4) is 5.75 Å². The van der Waals surface area contributed by atoms with Crippen LogP contribution < -0.4 is 10.1 Å². The Morgan fingerprint density at radius 1 is 1.27 bits per heavy atom. The minimum atomic E-state index is -3.08. The largest absolute Gasteiger partial charge is 0.432 e. The first-order valence-electron chi connectivity index (χ1n) is 6.18. The van der Waals surface area contributed by atoms with Gasteiger partial charge >= 0.3 is 6.61 Å². The average molecular weight is 309 g/mol. The molecular weight excluding hydrogens is 299 g/mol. The third-order valence-electron chi connectivity index (χ3n) is 2.94. The first kappa shape index (κ1) is 14.1. The van der Waals surface area contributed by atoms with Gasteiger partial charge < -0.3 is 10.1 Å². The molecule has 9 heteroatoms. The summed E-state index contributed by atoms with van der Waals surface area (Å²) in [7, 11) is 1.73. The maximum atomic E-state index is 13.7. The Morgan fingerprint density at radius 2 is 2.09 bits per heavy atom. The van der Waals surface area contributed by atoms with E-state index in [1.54, 1.807) is 17.9 Å². The van der Waals surface area contributed by atoms with Gasteiger partial charge in [-0.15, -0.1) is 0 Å². The number of benzene rings is 1. The summed E-state index contributed by atoms with van der Waals surface area (Å²) in [6.45, 7) is -3.08. The Balaban J connectivity index is 1.90. The summed E-state index contributed by atoms with van der Waals surface area (Å²) in [5.41, 5.74) is 0.943. The van der Waals surface area contributed by atoms with Crippen LogP contribution in [0.4, 0.5) is 24.7 Å². The Hall–Kier alpha value is -2.84. The van der Waals surface area contributed by atoms with E-state index < -0.39 is 18.2 Å². The van der Waals surface area contributed by atoms with Gasteiger partial charge in [0.25, 0.3) is 0 Å². The molecule has 0 radical (unpaired) electrons. The molecule has 22 heavy (non-hydrogen) atoms. The minimum Gasteiger partial charge on any atom is -0.432 e. The lowest BCUT2D eigenvalue weighted by atomic mass is 10.2. The van der Waals surface area contributed by atoms with Gasteiger partial charge in [-0.1, -0.05) is 0 Å². The van der Waals surface area contributed by atoms with E-state index in [1.807, 2.05) is 0 Å². The van der Waals surface area contributed by atoms with Gasteiger partial charge in [-0.25, -0.2) is 14.4 Å². The lowest BCUT2D eigenvalue weighted by Gasteiger charge is -2.09. The number of hydrogen-bond donors (Lipinski definition) is 1. The van der Waals surface area contributed by atoms with E-state index in [2.05, 4.69) is 25.1 Å². The standard InChI is InChI=1S/C13H10F3N5O/c1-21-12-8(5-19-21)11(17-6-18-12)20-7-2-3-10(9(14)4-7)22-13(15)16/h2-6,13H,1H3,(H,17,18,20). The van der Waals surface area contributed by atoms with E-state index in [0.29, 0.717) is 22.5 Å². The van der Waals surface area contributed by atoms with E-state index in [0.717, 1.165) is 12.1 Å². The second kappa shape index (κ2) is 5.51. The van der Waals surface area contributed by atoms with E-state index in [-0.39, 0.29) is 0 Å². The summed E-state index contributed by atoms with van der Waals surface area (Å²) in [5.74, 6) is -0.989. The van der Waals surface area contributed by atoms with Crippen LogP contribution in [0, 0.1) is 5.82 Å². The van der Waals surface area contributed by atoms with Crippen LogP contribution in [-0.4, -0.2) is 26.4 Å². The van der Waals surface area contributed by atoms with Crippen molar-refractivity contribution >= 4 is 22.5 Å². The molecule has 0 spiro atoms. The van der Waals surface area contributed by atoms with Gasteiger partial charge in [0.05, 0.1) is 11.6 Å². The summed E-state index contributed by atoms with van der Waals surface area (Å²) in [4.78, 5) is 8.15. The lowest BCUT2D eigenvalue weighted by molar-refractivity contribution is -0.0521. The van der Waals surface area contributed by atoms with Crippen LogP contribution in [0.15, 0.2) is 30.7 Å². The molecule has 6 nitrogen and oxygen atoms in total. The van der Waals surface area contributed by atoms with Crippen LogP contribution in [0.25, 0.3) is 11.0 Å². The van der Waals surface area contributed by atoms with Crippen molar-refractivity contribution in [1.82, 2.24) is 19.7 Å². The van der Waals surface area contributed by atoms with Gasteiger partial charge in [-0.2, -0.15) is 13.9 Å². The highest BCUT2D eigenvalue weighted by atomic mass is 19.3. The maximum absolute atomic E-state index is 13.7. The van der Waals surface area contributed by atoms with Gasteiger partial charge in [0.1, 0.15) is 12.1 Å². The van der Waals surface area contributed by atoms with Crippen molar-refractivity contribution in [3.63, 3.8) is 0 Å². The molecular formula is C13H10F3N5O. The second-order valence-electron chi connectivity index (χ2n) is 4.38. The number of rotatable bonds is 4. The first-order valence-corrected chi connectivity index (χ1v) is 6.18. The fourth-order valence-electron chi connectivity index (χ4n) is 1.97. The van der Waals surface area contributed by atoms with Crippen LogP contribution in [0.5, 0.6) is 5.75 Å². The number of nitrogens with zero attached hydrogens (tertiary/aromatic N) is 4. The maximum Gasteiger partial charge on any atom is 0.387 e. The molecule has 0 saturated heterocycles. The number of alkyl halides is 2. The lowest BCUT2D eigenvalue weighted by Crippen LogP contribution is -2.04. The Labute approximate surface area is 122 Å². The summed E-state index contributed by atoms with van der Waals surface area (Å²) < 4.78 is 43.5. The third kappa shape index (κ3) is 2.65. The molecule has 1 aromatic carbocycles. The zero-order valence-electron chi connectivity index (χ0n) is 11.3. The fraction of sp³-hybridized carbons (Fsp3) is 0.154. The van der Waals surface area contributed by atoms with Crippen LogP contribution in [0.3, 0.4) is 0 Å². The zero-order chi connectivity index (χ0) is 15.7. The molecule has 0 aliphatic heterocycles. The molecule has 0 bridgehead atoms. The van der Waals surface area contributed by atoms with Crippen LogP contribution in [0.2, 0.25) is 0 Å². The Bertz CT molecular complexity index is 821. The van der Waals surface area contributed by atoms with E-state index in [9.17, 15) is 13.2 Å². The van der Waals surface area contributed by atoms with Gasteiger partial charge in [-0.05, 0) is 12.1 Å². The molecule has 3 aromatic rings. The molecule has 1 N–H and O–H groups in total. The average Bonchev–Trinajstić information content (AvgIpc) is 2.85. The van der Waals surface area contributed by atoms with Crippen molar-refractivity contribution in [1.29, 1.82) is 0 Å². The van der Waals surface area contributed by atoms with Crippen molar-refractivity contribution in [2.24, 2.45) is 7.05 Å². The fourth-order valence-corrected chi connectivity index (χ4v) is 1.97. The summed E-state index contributed by atoms with van der Waals surface area (Å²) in [6.07, 6.45) is 2.92. The molecule has 0 atom stereocenters. The molecule has 2 aromatic heterocycles. The number of aryl methyl sites for hydroxylation is 1. The summed E-state index contributed by atoms with van der Waals surface area (Å²) >= 11 is 0. The van der Waals surface area contributed by atoms with Crippen molar-refractivity contribution in [3.05, 3.63) is 36.5 Å². The Morgan fingerprint density at radius 3 is 2.82 bits per heavy atom. The number of fused-ring (bicyclic) bond motifs is 1. The number of halogens is 3. The van der Waals surface area contributed by atoms with E-state index in [1.165, 1.54) is 12.4 Å². The molecule has 114 valence electrons. The first-order chi connectivity index (χ1) is 10.5. The molecule has 0 fully saturated rings. The number of nitrogens with one attached hydrogen (secondary N) is 1. The normalized spacial score (nSPS) is 11.1. The van der Waals surface area contributed by atoms with Crippen molar-refractivity contribution in [2.45, 2.75) is 6.61 Å². The molecule has 0 unspecified atom stereocenters. The Kier molecular flexibility index (Phi) is 3.53. The second-order valence-corrected chi connectivity index (χ2v) is 4.38. The van der Waals surface area contributed by atoms with E-state index >= 15 is 0 Å². The highest BCUT2D eigenvalue weighted by Gasteiger charge is 2.12. The molecule has 0 amide bonds. The van der Waals surface area contributed by atoms with Crippen LogP contribution >= 0.6 is 0 Å². The quantitative estimate of drug-likeness (QED) is 0.803. The van der Waals surface area contributed by atoms with Gasteiger partial charge in [0, 0.05) is 18.8 Å². The molecule has 0 aliphatic rings. The molecule has 2 heterocycles. The van der Waals surface area contributed by atoms with Gasteiger partial charge in [0.2, 0.25) is 0 Å². The number of anilines is 2. The predicted octanol–water partition coefficient (Wildman–Crippen LogP) is 2.85. The summed E-state index contributed by atoms with van der Waals surface area (Å²) in [5, 5.41) is 7.60. The van der Waals surface area contributed by atoms with Gasteiger partial charge in [0.15, 0.2) is 17.2 Å². The molecule has 0 aliphatic carbocycles. The number of hydrogen-bond acceptors (Lipinski definition) is 5. The topological polar surface area (TPSA) is 64.9 Å². The zero-order valence-corrected chi connectivity index (χ0v) is 11.3. The third-order valence-corrected chi connectivity index (χ3v) is 2.94. The minimum absolute atomic E-state index is 0.336.